The highest BCUT2D eigenvalue weighted by molar-refractivity contribution is 5.48. The van der Waals surface area contributed by atoms with Crippen LogP contribution in [0, 0.1) is 6.92 Å². The summed E-state index contributed by atoms with van der Waals surface area (Å²) in [5, 5.41) is 3.21. The molecule has 1 N–H and O–H groups in total. The number of hydrogen-bond donors (Lipinski definition) is 1. The summed E-state index contributed by atoms with van der Waals surface area (Å²) in [4.78, 5) is 11.4. The minimum absolute atomic E-state index is 0.643. The van der Waals surface area contributed by atoms with Gasteiger partial charge < -0.3 is 15.0 Å². The van der Waals surface area contributed by atoms with Gasteiger partial charge in [-0.25, -0.2) is 4.98 Å². The van der Waals surface area contributed by atoms with E-state index in [9.17, 15) is 0 Å². The van der Waals surface area contributed by atoms with Gasteiger partial charge in [0.05, 0.1) is 6.61 Å². The molecule has 5 nitrogen and oxygen atoms in total. The Kier molecular flexibility index (Phi) is 4.53. The lowest BCUT2D eigenvalue weighted by Crippen LogP contribution is -2.31. The Labute approximate surface area is 131 Å². The van der Waals surface area contributed by atoms with Crippen molar-refractivity contribution in [1.82, 2.24) is 9.97 Å². The molecule has 22 heavy (non-hydrogen) atoms. The number of nitrogens with zero attached hydrogens (tertiary/aromatic N) is 3. The Hall–Kier alpha value is -2.14. The Morgan fingerprint density at radius 3 is 2.86 bits per heavy atom. The minimum Gasteiger partial charge on any atom is -0.383 e. The first kappa shape index (κ1) is 14.8. The molecule has 1 aliphatic rings. The first-order valence-electron chi connectivity index (χ1n) is 7.66. The van der Waals surface area contributed by atoms with Crippen LogP contribution in [0.4, 0.5) is 11.8 Å². The smallest absolute Gasteiger partial charge is 0.224 e. The summed E-state index contributed by atoms with van der Waals surface area (Å²) in [6.45, 7) is 5.26. The number of aryl methyl sites for hydroxylation is 1. The van der Waals surface area contributed by atoms with Crippen LogP contribution in [0.25, 0.3) is 0 Å². The molecule has 116 valence electrons. The molecule has 0 spiro atoms. The molecular weight excluding hydrogens is 276 g/mol. The molecule has 2 heterocycles. The summed E-state index contributed by atoms with van der Waals surface area (Å²) in [5.41, 5.74) is 3.81. The summed E-state index contributed by atoms with van der Waals surface area (Å²) >= 11 is 0. The van der Waals surface area contributed by atoms with Crippen molar-refractivity contribution in [2.24, 2.45) is 0 Å². The minimum atomic E-state index is 0.643. The number of rotatable bonds is 5. The largest absolute Gasteiger partial charge is 0.383 e. The van der Waals surface area contributed by atoms with Gasteiger partial charge in [-0.2, -0.15) is 4.98 Å². The van der Waals surface area contributed by atoms with E-state index in [1.807, 2.05) is 6.92 Å². The molecular formula is C17H22N4O. The van der Waals surface area contributed by atoms with Gasteiger partial charge in [0.2, 0.25) is 5.95 Å². The topological polar surface area (TPSA) is 50.3 Å². The van der Waals surface area contributed by atoms with E-state index in [4.69, 9.17) is 4.74 Å². The molecule has 0 bridgehead atoms. The van der Waals surface area contributed by atoms with Crippen LogP contribution < -0.4 is 10.2 Å². The van der Waals surface area contributed by atoms with Gasteiger partial charge in [0.25, 0.3) is 0 Å². The number of nitrogens with one attached hydrogen (secondary N) is 1. The molecule has 1 aromatic heterocycles. The zero-order valence-corrected chi connectivity index (χ0v) is 13.2. The van der Waals surface area contributed by atoms with E-state index in [0.717, 1.165) is 31.0 Å². The SMILES string of the molecule is COCCNc1nc(C)cc(N2CCc3ccccc3C2)n1. The maximum atomic E-state index is 5.05. The number of aromatic nitrogens is 2. The summed E-state index contributed by atoms with van der Waals surface area (Å²) in [5.74, 6) is 1.66. The van der Waals surface area contributed by atoms with Crippen molar-refractivity contribution in [2.45, 2.75) is 19.9 Å². The Bertz CT molecular complexity index is 644. The number of benzene rings is 1. The highest BCUT2D eigenvalue weighted by Crippen LogP contribution is 2.24. The molecule has 0 radical (unpaired) electrons. The fourth-order valence-corrected chi connectivity index (χ4v) is 2.75. The first-order valence-corrected chi connectivity index (χ1v) is 7.66. The van der Waals surface area contributed by atoms with Crippen molar-refractivity contribution >= 4 is 11.8 Å². The van der Waals surface area contributed by atoms with Crippen LogP contribution >= 0.6 is 0 Å². The van der Waals surface area contributed by atoms with Crippen LogP contribution in [0.2, 0.25) is 0 Å². The fraction of sp³-hybridized carbons (Fsp3) is 0.412. The van der Waals surface area contributed by atoms with Crippen LogP contribution in [0.5, 0.6) is 0 Å². The molecule has 0 fully saturated rings. The van der Waals surface area contributed by atoms with Crippen LogP contribution in [0.3, 0.4) is 0 Å². The number of anilines is 2. The number of methoxy groups -OCH3 is 1. The van der Waals surface area contributed by atoms with Gasteiger partial charge in [0, 0.05) is 38.5 Å². The Morgan fingerprint density at radius 2 is 2.05 bits per heavy atom. The van der Waals surface area contributed by atoms with Crippen molar-refractivity contribution in [2.75, 3.05) is 37.0 Å². The number of fused-ring (bicyclic) bond motifs is 1. The Morgan fingerprint density at radius 1 is 1.23 bits per heavy atom. The van der Waals surface area contributed by atoms with Gasteiger partial charge in [-0.3, -0.25) is 0 Å². The average Bonchev–Trinajstić information content (AvgIpc) is 2.54. The second-order valence-corrected chi connectivity index (χ2v) is 5.55. The predicted octanol–water partition coefficient (Wildman–Crippen LogP) is 2.41. The van der Waals surface area contributed by atoms with Crippen molar-refractivity contribution in [3.8, 4) is 0 Å². The molecule has 0 saturated heterocycles. The van der Waals surface area contributed by atoms with E-state index in [0.29, 0.717) is 19.1 Å². The molecule has 1 aromatic carbocycles. The molecule has 1 aliphatic heterocycles. The number of hydrogen-bond acceptors (Lipinski definition) is 5. The van der Waals surface area contributed by atoms with Gasteiger partial charge in [-0.05, 0) is 24.5 Å². The standard InChI is InChI=1S/C17H22N4O/c1-13-11-16(20-17(19-13)18-8-10-22-2)21-9-7-14-5-3-4-6-15(14)12-21/h3-6,11H,7-10,12H2,1-2H3,(H,18,19,20). The van der Waals surface area contributed by atoms with Crippen molar-refractivity contribution in [3.05, 3.63) is 47.2 Å². The molecule has 2 aromatic rings. The highest BCUT2D eigenvalue weighted by atomic mass is 16.5. The monoisotopic (exact) mass is 298 g/mol. The normalized spacial score (nSPS) is 13.8. The molecule has 0 amide bonds. The predicted molar refractivity (Wildman–Crippen MR) is 88.3 cm³/mol. The summed E-state index contributed by atoms with van der Waals surface area (Å²) in [7, 11) is 1.69. The molecule has 0 unspecified atom stereocenters. The molecule has 0 aliphatic carbocycles. The summed E-state index contributed by atoms with van der Waals surface area (Å²) in [6.07, 6.45) is 1.06. The van der Waals surface area contributed by atoms with Crippen molar-refractivity contribution < 1.29 is 4.74 Å². The lowest BCUT2D eigenvalue weighted by atomic mass is 10.00. The van der Waals surface area contributed by atoms with Crippen LogP contribution in [-0.4, -0.2) is 36.8 Å². The Balaban J connectivity index is 1.77. The van der Waals surface area contributed by atoms with Crippen LogP contribution in [0.1, 0.15) is 16.8 Å². The quantitative estimate of drug-likeness (QED) is 0.859. The van der Waals surface area contributed by atoms with Crippen molar-refractivity contribution in [3.63, 3.8) is 0 Å². The van der Waals surface area contributed by atoms with E-state index >= 15 is 0 Å². The zero-order chi connectivity index (χ0) is 15.4. The maximum absolute atomic E-state index is 5.05. The van der Waals surface area contributed by atoms with Gasteiger partial charge >= 0.3 is 0 Å². The maximum Gasteiger partial charge on any atom is 0.224 e. The zero-order valence-electron chi connectivity index (χ0n) is 13.2. The average molecular weight is 298 g/mol. The second kappa shape index (κ2) is 6.75. The molecule has 0 atom stereocenters. The molecule has 0 saturated carbocycles. The molecule has 5 heteroatoms. The van der Waals surface area contributed by atoms with Crippen molar-refractivity contribution in [1.29, 1.82) is 0 Å². The lowest BCUT2D eigenvalue weighted by Gasteiger charge is -2.30. The number of ether oxygens (including phenoxy) is 1. The lowest BCUT2D eigenvalue weighted by molar-refractivity contribution is 0.210. The summed E-state index contributed by atoms with van der Waals surface area (Å²) in [6, 6.07) is 10.7. The second-order valence-electron chi connectivity index (χ2n) is 5.55. The third-order valence-corrected chi connectivity index (χ3v) is 3.88. The van der Waals surface area contributed by atoms with Gasteiger partial charge in [0.15, 0.2) is 0 Å². The van der Waals surface area contributed by atoms with E-state index in [2.05, 4.69) is 50.5 Å². The third kappa shape index (κ3) is 3.36. The summed E-state index contributed by atoms with van der Waals surface area (Å²) < 4.78 is 5.05. The third-order valence-electron chi connectivity index (χ3n) is 3.88. The van der Waals surface area contributed by atoms with E-state index in [1.165, 1.54) is 11.1 Å². The van der Waals surface area contributed by atoms with Gasteiger partial charge in [-0.15, -0.1) is 0 Å². The van der Waals surface area contributed by atoms with Crippen LogP contribution in [-0.2, 0) is 17.7 Å². The van der Waals surface area contributed by atoms with Crippen LogP contribution in [0.15, 0.2) is 30.3 Å². The fourth-order valence-electron chi connectivity index (χ4n) is 2.75. The van der Waals surface area contributed by atoms with Gasteiger partial charge in [0.1, 0.15) is 5.82 Å². The molecule has 3 rings (SSSR count). The first-order chi connectivity index (χ1) is 10.8. The van der Waals surface area contributed by atoms with E-state index in [1.54, 1.807) is 7.11 Å². The van der Waals surface area contributed by atoms with Gasteiger partial charge in [-0.1, -0.05) is 24.3 Å². The van der Waals surface area contributed by atoms with E-state index < -0.39 is 0 Å². The highest BCUT2D eigenvalue weighted by Gasteiger charge is 2.17. The van der Waals surface area contributed by atoms with E-state index in [-0.39, 0.29) is 0 Å².